The Kier molecular flexibility index (Phi) is 7.51. The molecule has 1 atom stereocenters. The van der Waals surface area contributed by atoms with E-state index in [0.717, 1.165) is 10.6 Å². The first-order valence-electron chi connectivity index (χ1n) is 8.57. The van der Waals surface area contributed by atoms with Gasteiger partial charge in [-0.2, -0.15) is 0 Å². The highest BCUT2D eigenvalue weighted by Crippen LogP contribution is 2.25. The van der Waals surface area contributed by atoms with Crippen LogP contribution in [0.25, 0.3) is 0 Å². The Morgan fingerprint density at radius 1 is 1.14 bits per heavy atom. The van der Waals surface area contributed by atoms with Gasteiger partial charge in [0.25, 0.3) is 0 Å². The van der Waals surface area contributed by atoms with Crippen LogP contribution in [0.4, 0.5) is 11.4 Å². The number of halogens is 2. The summed E-state index contributed by atoms with van der Waals surface area (Å²) in [5.41, 5.74) is 0.776. The predicted molar refractivity (Wildman–Crippen MR) is 114 cm³/mol. The van der Waals surface area contributed by atoms with Crippen LogP contribution in [0, 0.1) is 0 Å². The first-order valence-corrected chi connectivity index (χ1v) is 11.2. The number of carbonyl (C=O) groups is 2. The molecule has 0 saturated carbocycles. The lowest BCUT2D eigenvalue weighted by Crippen LogP contribution is -2.45. The number of benzene rings is 2. The van der Waals surface area contributed by atoms with Gasteiger partial charge in [0.05, 0.1) is 29.1 Å². The minimum absolute atomic E-state index is 0.103. The summed E-state index contributed by atoms with van der Waals surface area (Å²) in [5, 5.41) is 3.15. The van der Waals surface area contributed by atoms with Gasteiger partial charge in [0.15, 0.2) is 0 Å². The van der Waals surface area contributed by atoms with Crippen LogP contribution < -0.4 is 9.62 Å². The molecule has 1 amide bonds. The number of ether oxygens (including phenoxy) is 1. The third-order valence-corrected chi connectivity index (χ3v) is 5.71. The van der Waals surface area contributed by atoms with Crippen molar-refractivity contribution >= 4 is 56.5 Å². The molecule has 0 aliphatic carbocycles. The van der Waals surface area contributed by atoms with E-state index in [2.05, 4.69) is 5.32 Å². The van der Waals surface area contributed by atoms with Gasteiger partial charge in [-0.3, -0.25) is 9.10 Å². The summed E-state index contributed by atoms with van der Waals surface area (Å²) in [4.78, 5) is 24.5. The van der Waals surface area contributed by atoms with Crippen LogP contribution in [0.3, 0.4) is 0 Å². The van der Waals surface area contributed by atoms with Crippen molar-refractivity contribution in [3.8, 4) is 0 Å². The maximum absolute atomic E-state index is 12.7. The van der Waals surface area contributed by atoms with Crippen LogP contribution in [-0.2, 0) is 19.6 Å². The molecule has 0 aliphatic heterocycles. The largest absolute Gasteiger partial charge is 0.462 e. The van der Waals surface area contributed by atoms with E-state index < -0.39 is 27.9 Å². The molecule has 2 aromatic rings. The van der Waals surface area contributed by atoms with E-state index in [1.54, 1.807) is 6.92 Å². The minimum Gasteiger partial charge on any atom is -0.462 e. The van der Waals surface area contributed by atoms with Crippen molar-refractivity contribution in [1.29, 1.82) is 0 Å². The van der Waals surface area contributed by atoms with Gasteiger partial charge in [-0.1, -0.05) is 23.2 Å². The summed E-state index contributed by atoms with van der Waals surface area (Å²) in [5.74, 6) is -1.15. The third-order valence-electron chi connectivity index (χ3n) is 3.90. The van der Waals surface area contributed by atoms with Crippen LogP contribution in [0.2, 0.25) is 10.0 Å². The van der Waals surface area contributed by atoms with Crippen molar-refractivity contribution in [3.63, 3.8) is 0 Å². The third kappa shape index (κ3) is 5.85. The van der Waals surface area contributed by atoms with Crippen molar-refractivity contribution in [1.82, 2.24) is 0 Å². The number of anilines is 2. The Morgan fingerprint density at radius 3 is 2.28 bits per heavy atom. The van der Waals surface area contributed by atoms with Gasteiger partial charge in [-0.15, -0.1) is 0 Å². The lowest BCUT2D eigenvalue weighted by molar-refractivity contribution is -0.116. The van der Waals surface area contributed by atoms with Crippen molar-refractivity contribution in [2.24, 2.45) is 0 Å². The first kappa shape index (κ1) is 23.0. The Hall–Kier alpha value is -2.29. The Bertz CT molecular complexity index is 1010. The standard InChI is InChI=1S/C19H20Cl2N2O5S/c1-4-28-19(25)16-10-7-14(11-17(16)21)22-18(24)12(2)23(29(3,26)27)15-8-5-13(20)6-9-15/h5-12H,4H2,1-3H3,(H,22,24)/t12-/m0/s1. The topological polar surface area (TPSA) is 92.8 Å². The van der Waals surface area contributed by atoms with Crippen LogP contribution in [0.15, 0.2) is 42.5 Å². The number of hydrogen-bond acceptors (Lipinski definition) is 5. The zero-order valence-electron chi connectivity index (χ0n) is 16.0. The monoisotopic (exact) mass is 458 g/mol. The van der Waals surface area contributed by atoms with Crippen LogP contribution in [-0.4, -0.2) is 39.2 Å². The van der Waals surface area contributed by atoms with Gasteiger partial charge in [-0.05, 0) is 56.3 Å². The molecule has 0 aromatic heterocycles. The highest BCUT2D eigenvalue weighted by Gasteiger charge is 2.29. The fourth-order valence-corrected chi connectivity index (χ4v) is 4.17. The predicted octanol–water partition coefficient (Wildman–Crippen LogP) is 3.96. The second kappa shape index (κ2) is 9.47. The van der Waals surface area contributed by atoms with E-state index in [1.165, 1.54) is 49.4 Å². The minimum atomic E-state index is -3.76. The lowest BCUT2D eigenvalue weighted by Gasteiger charge is -2.28. The smallest absolute Gasteiger partial charge is 0.339 e. The number of hydrogen-bond donors (Lipinski definition) is 1. The molecule has 1 N–H and O–H groups in total. The molecule has 0 fully saturated rings. The van der Waals surface area contributed by atoms with Crippen molar-refractivity contribution < 1.29 is 22.7 Å². The molecule has 0 aliphatic rings. The van der Waals surface area contributed by atoms with Crippen LogP contribution in [0.5, 0.6) is 0 Å². The molecule has 2 rings (SSSR count). The van der Waals surface area contributed by atoms with Crippen LogP contribution in [0.1, 0.15) is 24.2 Å². The first-order chi connectivity index (χ1) is 13.5. The number of nitrogens with one attached hydrogen (secondary N) is 1. The highest BCUT2D eigenvalue weighted by molar-refractivity contribution is 7.92. The zero-order chi connectivity index (χ0) is 21.8. The Morgan fingerprint density at radius 2 is 1.76 bits per heavy atom. The van der Waals surface area contributed by atoms with Crippen LogP contribution >= 0.6 is 23.2 Å². The fraction of sp³-hybridized carbons (Fsp3) is 0.263. The summed E-state index contributed by atoms with van der Waals surface area (Å²) < 4.78 is 30.5. The second-order valence-corrected chi connectivity index (χ2v) is 8.82. The van der Waals surface area contributed by atoms with E-state index in [1.807, 2.05) is 0 Å². The molecule has 0 radical (unpaired) electrons. The number of sulfonamides is 1. The molecule has 0 unspecified atom stereocenters. The normalized spacial score (nSPS) is 12.2. The summed E-state index contributed by atoms with van der Waals surface area (Å²) in [6.45, 7) is 3.34. The van der Waals surface area contributed by atoms with E-state index in [9.17, 15) is 18.0 Å². The van der Waals surface area contributed by atoms with Gasteiger partial charge in [0.1, 0.15) is 6.04 Å². The van der Waals surface area contributed by atoms with Crippen molar-refractivity contribution in [2.75, 3.05) is 22.5 Å². The molecule has 10 heteroatoms. The molecule has 0 spiro atoms. The number of amides is 1. The van der Waals surface area contributed by atoms with E-state index in [4.69, 9.17) is 27.9 Å². The van der Waals surface area contributed by atoms with Crippen molar-refractivity contribution in [2.45, 2.75) is 19.9 Å². The van der Waals surface area contributed by atoms with E-state index >= 15 is 0 Å². The van der Waals surface area contributed by atoms with E-state index in [-0.39, 0.29) is 17.2 Å². The molecule has 0 saturated heterocycles. The summed E-state index contributed by atoms with van der Waals surface area (Å²) in [6.07, 6.45) is 1.01. The van der Waals surface area contributed by atoms with Gasteiger partial charge >= 0.3 is 5.97 Å². The van der Waals surface area contributed by atoms with E-state index in [0.29, 0.717) is 16.4 Å². The highest BCUT2D eigenvalue weighted by atomic mass is 35.5. The average molecular weight is 459 g/mol. The average Bonchev–Trinajstić information content (AvgIpc) is 2.62. The number of carbonyl (C=O) groups excluding carboxylic acids is 2. The molecule has 0 heterocycles. The van der Waals surface area contributed by atoms with Gasteiger partial charge in [0.2, 0.25) is 15.9 Å². The summed E-state index contributed by atoms with van der Waals surface area (Å²) in [7, 11) is -3.76. The molecule has 156 valence electrons. The molecule has 7 nitrogen and oxygen atoms in total. The summed E-state index contributed by atoms with van der Waals surface area (Å²) >= 11 is 12.0. The molecular formula is C19H20Cl2N2O5S. The van der Waals surface area contributed by atoms with Gasteiger partial charge in [-0.25, -0.2) is 13.2 Å². The SMILES string of the molecule is CCOC(=O)c1ccc(NC(=O)[C@H](C)N(c2ccc(Cl)cc2)S(C)(=O)=O)cc1Cl. The molecule has 0 bridgehead atoms. The lowest BCUT2D eigenvalue weighted by atomic mass is 10.2. The Labute approximate surface area is 179 Å². The second-order valence-electron chi connectivity index (χ2n) is 6.12. The number of esters is 1. The van der Waals surface area contributed by atoms with Gasteiger partial charge in [0, 0.05) is 10.7 Å². The summed E-state index contributed by atoms with van der Waals surface area (Å²) in [6, 6.07) is 9.34. The maximum Gasteiger partial charge on any atom is 0.339 e. The van der Waals surface area contributed by atoms with Gasteiger partial charge < -0.3 is 10.1 Å². The zero-order valence-corrected chi connectivity index (χ0v) is 18.3. The number of nitrogens with zero attached hydrogens (tertiary/aromatic N) is 1. The maximum atomic E-state index is 12.7. The fourth-order valence-electron chi connectivity index (χ4n) is 2.61. The number of rotatable bonds is 7. The van der Waals surface area contributed by atoms with Crippen molar-refractivity contribution in [3.05, 3.63) is 58.1 Å². The molecule has 29 heavy (non-hydrogen) atoms. The Balaban J connectivity index is 2.25. The molecular weight excluding hydrogens is 439 g/mol. The quantitative estimate of drug-likeness (QED) is 0.633. The molecule has 2 aromatic carbocycles.